The summed E-state index contributed by atoms with van der Waals surface area (Å²) in [7, 11) is 1.09. The molecular weight excluding hydrogens is 1470 g/mol. The second kappa shape index (κ2) is 48.9. The zero-order valence-electron chi connectivity index (χ0n) is 66.0. The number of nitrogens with zero attached hydrogens (tertiary/aromatic N) is 2. The van der Waals surface area contributed by atoms with Gasteiger partial charge in [0.25, 0.3) is 0 Å². The van der Waals surface area contributed by atoms with Crippen LogP contribution in [-0.2, 0) is 95.8 Å². The third-order valence-electron chi connectivity index (χ3n) is 19.8. The molecule has 112 heavy (non-hydrogen) atoms. The topological polar surface area (TPSA) is 651 Å². The molecule has 40 nitrogen and oxygen atoms in total. The lowest BCUT2D eigenvalue weighted by Gasteiger charge is -2.40. The quantitative estimate of drug-likeness (QED) is 0.0203. The first-order valence-corrected chi connectivity index (χ1v) is 38.2. The number of carbonyl (C=O) groups excluding carboxylic acids is 16. The molecule has 0 spiro atoms. The number of cyclic esters (lactones) is 1. The number of piperidine rings is 1. The summed E-state index contributed by atoms with van der Waals surface area (Å²) in [4.78, 5) is 254. The van der Waals surface area contributed by atoms with Crippen molar-refractivity contribution in [1.82, 2.24) is 57.7 Å². The van der Waals surface area contributed by atoms with Crippen molar-refractivity contribution in [3.05, 3.63) is 0 Å². The third-order valence-corrected chi connectivity index (χ3v) is 19.8. The molecule has 0 aromatic carbocycles. The predicted octanol–water partition coefficient (Wildman–Crippen LogP) is -4.43. The number of carbonyl (C=O) groups is 18. The van der Waals surface area contributed by atoms with E-state index in [0.29, 0.717) is 12.8 Å². The predicted molar refractivity (Wildman–Crippen MR) is 399 cm³/mol. The fraction of sp³-hybridized carbons (Fsp3) is 0.750. The maximum atomic E-state index is 15.7. The Labute approximate surface area is 651 Å². The van der Waals surface area contributed by atoms with E-state index in [0.717, 1.165) is 43.0 Å². The van der Waals surface area contributed by atoms with Crippen LogP contribution in [-0.4, -0.2) is 254 Å². The normalized spacial score (nSPS) is 23.3. The number of nitrogens with two attached hydrogens (primary N) is 5. The molecule has 634 valence electrons. The number of ether oxygens (including phenoxy) is 2. The number of rotatable bonds is 41. The van der Waals surface area contributed by atoms with E-state index in [2.05, 4.69) is 47.9 Å². The number of carboxylic acid groups (broad SMARTS) is 2. The standard InChI is InChI=1S/C72H122N16O24/c1-12-14-15-16-17-24-51(93)78-43(32-53(95)96)64(102)79-41(25-27-49(74)91)48(90)34-52(94)83-55(38(8)39(9)61(76)99)66(104)86-57-59(37(7)36(5)6)112-72(110)47-23-19-21-30-88(47)71(109)45(33-54(97)98)82-68(106)58(60(62(77)100)111-13-2)85-65(103)46(26-28-50(75)92)87(11)70(108)44(31-35(3)4)81-63(101)42(22-18-20-29-73)80-67(105)56(40(10)89)84-69(57)107/h35-48,55-60,89-90H,12-34,73H2,1-11H3,(H2,74,91)(H2,75,92)(H2,76,99)(H2,77,100)(H,78,93)(H,79,102)(H,80,105)(H,81,101)(H,82,106)(H,83,94)(H,84,107)(H,85,103)(H,86,104)(H,95,96)(H,97,98). The van der Waals surface area contributed by atoms with Crippen LogP contribution in [0.2, 0.25) is 0 Å². The highest BCUT2D eigenvalue weighted by Crippen LogP contribution is 2.28. The van der Waals surface area contributed by atoms with Crippen LogP contribution in [0.5, 0.6) is 0 Å². The van der Waals surface area contributed by atoms with E-state index in [-0.39, 0.29) is 71.1 Å². The van der Waals surface area contributed by atoms with E-state index < -0.39 is 272 Å². The molecule has 2 aliphatic heterocycles. The largest absolute Gasteiger partial charge is 0.481 e. The van der Waals surface area contributed by atoms with Crippen LogP contribution in [0.25, 0.3) is 0 Å². The number of fused-ring (bicyclic) bond motifs is 1. The fourth-order valence-electron chi connectivity index (χ4n) is 12.8. The Kier molecular flexibility index (Phi) is 43.0. The Morgan fingerprint density at radius 3 is 1.78 bits per heavy atom. The van der Waals surface area contributed by atoms with Crippen LogP contribution < -0.4 is 76.5 Å². The molecule has 2 heterocycles. The number of aliphatic carboxylic acids is 2. The van der Waals surface area contributed by atoms with Gasteiger partial charge in [-0.15, -0.1) is 0 Å². The van der Waals surface area contributed by atoms with Crippen LogP contribution in [0.4, 0.5) is 0 Å². The van der Waals surface area contributed by atoms with Gasteiger partial charge in [0.05, 0.1) is 37.5 Å². The van der Waals surface area contributed by atoms with Gasteiger partial charge in [-0.1, -0.05) is 81.1 Å². The number of hydrogen-bond donors (Lipinski definition) is 18. The van der Waals surface area contributed by atoms with Gasteiger partial charge in [0.1, 0.15) is 66.5 Å². The lowest BCUT2D eigenvalue weighted by atomic mass is 9.85. The van der Waals surface area contributed by atoms with Crippen LogP contribution in [0, 0.1) is 29.6 Å². The molecule has 2 aliphatic rings. The number of carboxylic acids is 2. The van der Waals surface area contributed by atoms with Gasteiger partial charge in [0, 0.05) is 45.4 Å². The average molecular weight is 1600 g/mol. The molecule has 2 fully saturated rings. The summed E-state index contributed by atoms with van der Waals surface area (Å²) in [6.07, 6.45) is -9.97. The average Bonchev–Trinajstić information content (AvgIpc) is 0.841. The Bertz CT molecular complexity index is 3270. The molecule has 40 heteroatoms. The minimum absolute atomic E-state index is 0.0725. The molecule has 0 saturated carbocycles. The van der Waals surface area contributed by atoms with Gasteiger partial charge in [-0.05, 0) is 108 Å². The van der Waals surface area contributed by atoms with Crippen molar-refractivity contribution >= 4 is 107 Å². The van der Waals surface area contributed by atoms with E-state index in [9.17, 15) is 87.5 Å². The zero-order valence-corrected chi connectivity index (χ0v) is 66.0. The van der Waals surface area contributed by atoms with Crippen molar-refractivity contribution in [2.24, 2.45) is 58.3 Å². The second-order valence-corrected chi connectivity index (χ2v) is 29.6. The van der Waals surface area contributed by atoms with Crippen LogP contribution in [0.1, 0.15) is 198 Å². The minimum atomic E-state index is -2.31. The van der Waals surface area contributed by atoms with E-state index >= 15 is 19.2 Å². The summed E-state index contributed by atoms with van der Waals surface area (Å²) in [5.41, 5.74) is 28.4. The number of amides is 15. The maximum Gasteiger partial charge on any atom is 0.329 e. The first-order valence-electron chi connectivity index (χ1n) is 38.2. The summed E-state index contributed by atoms with van der Waals surface area (Å²) >= 11 is 0. The molecule has 0 aliphatic carbocycles. The molecule has 0 radical (unpaired) electrons. The fourth-order valence-corrected chi connectivity index (χ4v) is 12.8. The van der Waals surface area contributed by atoms with Gasteiger partial charge < -0.3 is 116 Å². The highest BCUT2D eigenvalue weighted by Gasteiger charge is 2.48. The number of aliphatic hydroxyl groups excluding tert-OH is 2. The maximum absolute atomic E-state index is 15.7. The van der Waals surface area contributed by atoms with Crippen molar-refractivity contribution in [2.75, 3.05) is 26.7 Å². The Morgan fingerprint density at radius 1 is 0.616 bits per heavy atom. The van der Waals surface area contributed by atoms with Gasteiger partial charge in [-0.2, -0.15) is 0 Å². The van der Waals surface area contributed by atoms with E-state index in [1.165, 1.54) is 27.7 Å². The smallest absolute Gasteiger partial charge is 0.329 e. The second-order valence-electron chi connectivity index (χ2n) is 29.6. The number of primary amides is 4. The van der Waals surface area contributed by atoms with Gasteiger partial charge >= 0.3 is 17.9 Å². The van der Waals surface area contributed by atoms with Crippen molar-refractivity contribution in [1.29, 1.82) is 0 Å². The summed E-state index contributed by atoms with van der Waals surface area (Å²) in [6.45, 7) is 14.2. The van der Waals surface area contributed by atoms with E-state index in [1.54, 1.807) is 27.7 Å². The molecule has 0 aromatic heterocycles. The first-order chi connectivity index (χ1) is 52.4. The van der Waals surface area contributed by atoms with Crippen molar-refractivity contribution < 1.29 is 116 Å². The Hall–Kier alpha value is -9.70. The van der Waals surface area contributed by atoms with Gasteiger partial charge in [-0.25, -0.2) is 4.79 Å². The summed E-state index contributed by atoms with van der Waals surface area (Å²) in [5, 5.41) is 65.0. The van der Waals surface area contributed by atoms with Crippen molar-refractivity contribution in [3.8, 4) is 0 Å². The van der Waals surface area contributed by atoms with Crippen LogP contribution >= 0.6 is 0 Å². The SMILES string of the molecule is CCCCCCCC(=O)NC(CC(=O)O)C(=O)NC(CCC(N)=O)C(O)CC(=O)NC(C(=O)NC1C(=O)NC(C(C)O)C(=O)NC(CCCCN)C(=O)NC(CC(C)C)C(=O)N(C)C(CCC(N)=O)C(=O)NC(C(OCC)C(N)=O)C(=O)NC(CC(=O)O)C(=O)N2CCCCC2C(=O)OC1C(C)C(C)C)C(C)C(C)C(N)=O. The molecular formula is C72H122N16O24. The van der Waals surface area contributed by atoms with Crippen LogP contribution in [0.15, 0.2) is 0 Å². The molecule has 2 saturated heterocycles. The zero-order chi connectivity index (χ0) is 85.1. The number of unbranched alkanes of at least 4 members (excludes halogenated alkanes) is 5. The van der Waals surface area contributed by atoms with E-state index in [4.69, 9.17) is 38.1 Å². The van der Waals surface area contributed by atoms with Crippen LogP contribution in [0.3, 0.4) is 0 Å². The molecule has 2 rings (SSSR count). The number of nitrogens with one attached hydrogen (secondary N) is 9. The summed E-state index contributed by atoms with van der Waals surface area (Å²) in [5.74, 6) is -27.3. The summed E-state index contributed by atoms with van der Waals surface area (Å²) in [6, 6.07) is -21.1. The van der Waals surface area contributed by atoms with Crippen molar-refractivity contribution in [3.63, 3.8) is 0 Å². The van der Waals surface area contributed by atoms with Gasteiger partial charge in [0.2, 0.25) is 88.6 Å². The molecule has 0 bridgehead atoms. The first kappa shape index (κ1) is 98.4. The molecule has 18 unspecified atom stereocenters. The molecule has 15 amide bonds. The Balaban J connectivity index is 3.20. The molecule has 18 atom stereocenters. The van der Waals surface area contributed by atoms with Crippen molar-refractivity contribution in [2.45, 2.75) is 289 Å². The monoisotopic (exact) mass is 1590 g/mol. The highest BCUT2D eigenvalue weighted by atomic mass is 16.5. The molecule has 0 aromatic rings. The van der Waals surface area contributed by atoms with E-state index in [1.807, 2.05) is 6.92 Å². The lowest BCUT2D eigenvalue weighted by molar-refractivity contribution is -0.168. The lowest BCUT2D eigenvalue weighted by Crippen LogP contribution is -2.65. The Morgan fingerprint density at radius 2 is 1.22 bits per heavy atom. The van der Waals surface area contributed by atoms with Gasteiger partial charge in [0.15, 0.2) is 6.10 Å². The number of esters is 1. The molecule has 23 N–H and O–H groups in total. The van der Waals surface area contributed by atoms with Gasteiger partial charge in [-0.3, -0.25) is 81.5 Å². The highest BCUT2D eigenvalue weighted by molar-refractivity contribution is 6.01. The number of hydrogen-bond acceptors (Lipinski definition) is 23. The number of likely N-dealkylation sites (N-methyl/N-ethyl adjacent to an activating group) is 1. The third kappa shape index (κ3) is 32.6. The number of aliphatic hydroxyl groups is 2. The minimum Gasteiger partial charge on any atom is -0.481 e. The summed E-state index contributed by atoms with van der Waals surface area (Å²) < 4.78 is 11.8.